The highest BCUT2D eigenvalue weighted by Gasteiger charge is 2.54. The van der Waals surface area contributed by atoms with Gasteiger partial charge in [-0.3, -0.25) is 0 Å². The van der Waals surface area contributed by atoms with Crippen molar-refractivity contribution in [2.75, 3.05) is 33.5 Å². The highest BCUT2D eigenvalue weighted by Crippen LogP contribution is 2.36. The zero-order chi connectivity index (χ0) is 48.7. The molecule has 2 fully saturated rings. The van der Waals surface area contributed by atoms with E-state index in [0.717, 1.165) is 33.4 Å². The largest absolute Gasteiger partial charge is 0.374 e. The molecular formula is C57H63N3O11. The third-order valence-electron chi connectivity index (χ3n) is 12.2. The van der Waals surface area contributed by atoms with Crippen LogP contribution in [0.4, 0.5) is 0 Å². The molecule has 0 aromatic heterocycles. The number of rotatable bonds is 27. The van der Waals surface area contributed by atoms with E-state index in [0.29, 0.717) is 13.2 Å². The second-order valence-electron chi connectivity index (χ2n) is 17.3. The molecule has 0 radical (unpaired) electrons. The first-order valence-corrected chi connectivity index (χ1v) is 24.1. The molecule has 71 heavy (non-hydrogen) atoms. The van der Waals surface area contributed by atoms with E-state index >= 15 is 0 Å². The van der Waals surface area contributed by atoms with Crippen LogP contribution in [0.15, 0.2) is 187 Å². The van der Waals surface area contributed by atoms with Crippen molar-refractivity contribution < 1.29 is 52.1 Å². The summed E-state index contributed by atoms with van der Waals surface area (Å²) in [5.74, 6) is 0. The minimum absolute atomic E-state index is 0.0600. The molecule has 2 aliphatic heterocycles. The Labute approximate surface area is 416 Å². The predicted octanol–water partition coefficient (Wildman–Crippen LogP) is 9.94. The highest BCUT2D eigenvalue weighted by atomic mass is 16.8. The number of nitrogens with zero attached hydrogens (tertiary/aromatic N) is 3. The van der Waals surface area contributed by atoms with E-state index in [1.807, 2.05) is 182 Å². The number of hydrogen-bond acceptors (Lipinski definition) is 12. The Morgan fingerprint density at radius 2 is 0.746 bits per heavy atom. The minimum Gasteiger partial charge on any atom is -0.374 e. The van der Waals surface area contributed by atoms with Crippen LogP contribution in [0.25, 0.3) is 10.4 Å². The summed E-state index contributed by atoms with van der Waals surface area (Å²) in [6.07, 6.45) is -8.59. The minimum atomic E-state index is -1.13. The van der Waals surface area contributed by atoms with Gasteiger partial charge in [-0.05, 0) is 38.9 Å². The maximum Gasteiger partial charge on any atom is 0.187 e. The van der Waals surface area contributed by atoms with Crippen LogP contribution in [-0.2, 0) is 91.7 Å². The van der Waals surface area contributed by atoms with Crippen LogP contribution in [0, 0.1) is 0 Å². The summed E-state index contributed by atoms with van der Waals surface area (Å²) in [5, 5.41) is 3.73. The molecule has 372 valence electrons. The van der Waals surface area contributed by atoms with Gasteiger partial charge in [-0.1, -0.05) is 187 Å². The Balaban J connectivity index is 1.19. The van der Waals surface area contributed by atoms with Crippen LogP contribution in [0.1, 0.15) is 33.4 Å². The molecule has 0 saturated carbocycles. The van der Waals surface area contributed by atoms with Crippen molar-refractivity contribution in [2.45, 2.75) is 101 Å². The monoisotopic (exact) mass is 965 g/mol. The second-order valence-corrected chi connectivity index (χ2v) is 17.3. The third-order valence-corrected chi connectivity index (χ3v) is 12.2. The van der Waals surface area contributed by atoms with E-state index < -0.39 is 61.4 Å². The number of methoxy groups -OCH3 is 1. The average molecular weight is 966 g/mol. The molecular weight excluding hydrogens is 903 g/mol. The van der Waals surface area contributed by atoms with Crippen molar-refractivity contribution in [3.63, 3.8) is 0 Å². The van der Waals surface area contributed by atoms with Crippen LogP contribution in [0.3, 0.4) is 0 Å². The van der Waals surface area contributed by atoms with E-state index in [-0.39, 0.29) is 52.8 Å². The topological polar surface area (TPSA) is 150 Å². The summed E-state index contributed by atoms with van der Waals surface area (Å²) in [4.78, 5) is 2.93. The molecule has 8 rings (SSSR count). The van der Waals surface area contributed by atoms with Crippen molar-refractivity contribution in [1.29, 1.82) is 0 Å². The standard InChI is InChI=1S/C57H63N3O11/c1-61-56-54(64-33-32-59-60-58)53(67-38-46-28-16-6-17-29-46)51(49(69-56)41-63-35-43-22-10-3-11-23-43)71-57-55(68-39-47-30-18-7-19-31-47)52(66-37-45-26-14-5-15-27-45)50(65-36-44-24-12-4-13-25-44)48(70-57)40-62-34-42-20-8-2-9-21-42/h2-31,48-57H,32-41H2,1H3/t48-,49-,50+,51+,52+,53+,54-,55-,56-,57-/m1/s1. The lowest BCUT2D eigenvalue weighted by molar-refractivity contribution is -0.375. The molecule has 0 spiro atoms. The Bertz CT molecular complexity index is 2430. The van der Waals surface area contributed by atoms with Crippen molar-refractivity contribution in [3.05, 3.63) is 226 Å². The first-order chi connectivity index (χ1) is 35.1. The Hall–Kier alpha value is -5.81. The zero-order valence-electron chi connectivity index (χ0n) is 40.0. The van der Waals surface area contributed by atoms with Crippen molar-refractivity contribution in [3.8, 4) is 0 Å². The van der Waals surface area contributed by atoms with Gasteiger partial charge in [0.25, 0.3) is 0 Å². The molecule has 0 bridgehead atoms. The van der Waals surface area contributed by atoms with Gasteiger partial charge in [0.1, 0.15) is 48.8 Å². The lowest BCUT2D eigenvalue weighted by atomic mass is 9.95. The molecule has 10 atom stereocenters. The van der Waals surface area contributed by atoms with Crippen molar-refractivity contribution in [2.24, 2.45) is 5.11 Å². The molecule has 6 aromatic rings. The SMILES string of the molecule is CO[C@@H]1O[C@H](COCc2ccccc2)[C@H](O[C@H]2O[C@H](COCc3ccccc3)[C@H](OCc3ccccc3)[C@H](OCc3ccccc3)[C@H]2OCc2ccccc2)[C@H](OCc2ccccc2)[C@H]1OCCN=[N+]=[N-]. The van der Waals surface area contributed by atoms with E-state index in [1.54, 1.807) is 7.11 Å². The normalized spacial score (nSPS) is 24.2. The second kappa shape index (κ2) is 28.3. The van der Waals surface area contributed by atoms with Crippen molar-refractivity contribution in [1.82, 2.24) is 0 Å². The molecule has 6 aromatic carbocycles. The van der Waals surface area contributed by atoms with Crippen LogP contribution >= 0.6 is 0 Å². The molecule has 2 saturated heterocycles. The van der Waals surface area contributed by atoms with Gasteiger partial charge in [0.05, 0.1) is 59.5 Å². The lowest BCUT2D eigenvalue weighted by Crippen LogP contribution is -2.66. The summed E-state index contributed by atoms with van der Waals surface area (Å²) in [6.45, 7) is 1.90. The number of azide groups is 1. The van der Waals surface area contributed by atoms with Crippen LogP contribution < -0.4 is 0 Å². The number of ether oxygens (including phenoxy) is 11. The van der Waals surface area contributed by atoms with Gasteiger partial charge in [-0.2, -0.15) is 0 Å². The summed E-state index contributed by atoms with van der Waals surface area (Å²) < 4.78 is 74.7. The maximum atomic E-state index is 9.14. The van der Waals surface area contributed by atoms with Gasteiger partial charge in [-0.15, -0.1) is 0 Å². The number of benzene rings is 6. The molecule has 0 N–H and O–H groups in total. The first-order valence-electron chi connectivity index (χ1n) is 24.1. The average Bonchev–Trinajstić information content (AvgIpc) is 3.42. The Kier molecular flexibility index (Phi) is 20.5. The molecule has 0 aliphatic carbocycles. The molecule has 2 aliphatic rings. The molecule has 2 heterocycles. The predicted molar refractivity (Wildman–Crippen MR) is 265 cm³/mol. The fourth-order valence-electron chi connectivity index (χ4n) is 8.65. The van der Waals surface area contributed by atoms with E-state index in [9.17, 15) is 0 Å². The molecule has 14 nitrogen and oxygen atoms in total. The van der Waals surface area contributed by atoms with Crippen LogP contribution in [0.2, 0.25) is 0 Å². The van der Waals surface area contributed by atoms with Gasteiger partial charge in [0.15, 0.2) is 12.6 Å². The molecule has 0 amide bonds. The fourth-order valence-corrected chi connectivity index (χ4v) is 8.65. The summed E-state index contributed by atoms with van der Waals surface area (Å²) in [5.41, 5.74) is 15.0. The highest BCUT2D eigenvalue weighted by molar-refractivity contribution is 5.18. The molecule has 0 unspecified atom stereocenters. The van der Waals surface area contributed by atoms with Crippen LogP contribution in [0.5, 0.6) is 0 Å². The van der Waals surface area contributed by atoms with Gasteiger partial charge >= 0.3 is 0 Å². The summed E-state index contributed by atoms with van der Waals surface area (Å²) in [6, 6.07) is 59.7. The quantitative estimate of drug-likeness (QED) is 0.0210. The first kappa shape index (κ1) is 51.5. The Morgan fingerprint density at radius 3 is 1.15 bits per heavy atom. The molecule has 14 heteroatoms. The Morgan fingerprint density at radius 1 is 0.408 bits per heavy atom. The summed E-state index contributed by atoms with van der Waals surface area (Å²) >= 11 is 0. The van der Waals surface area contributed by atoms with E-state index in [2.05, 4.69) is 10.0 Å². The van der Waals surface area contributed by atoms with Gasteiger partial charge < -0.3 is 52.1 Å². The smallest absolute Gasteiger partial charge is 0.187 e. The van der Waals surface area contributed by atoms with Crippen molar-refractivity contribution >= 4 is 0 Å². The van der Waals surface area contributed by atoms with E-state index in [1.165, 1.54) is 0 Å². The maximum absolute atomic E-state index is 9.14. The third kappa shape index (κ3) is 15.6. The lowest BCUT2D eigenvalue weighted by Gasteiger charge is -2.50. The number of hydrogen-bond donors (Lipinski definition) is 0. The summed E-state index contributed by atoms with van der Waals surface area (Å²) in [7, 11) is 1.55. The van der Waals surface area contributed by atoms with E-state index in [4.69, 9.17) is 57.6 Å². The van der Waals surface area contributed by atoms with Gasteiger partial charge in [0.2, 0.25) is 0 Å². The van der Waals surface area contributed by atoms with Gasteiger partial charge in [-0.25, -0.2) is 0 Å². The fraction of sp³-hybridized carbons (Fsp3) is 0.368. The van der Waals surface area contributed by atoms with Crippen LogP contribution in [-0.4, -0.2) is 94.9 Å². The van der Waals surface area contributed by atoms with Gasteiger partial charge in [0, 0.05) is 18.6 Å². The zero-order valence-corrected chi connectivity index (χ0v) is 40.0.